The first kappa shape index (κ1) is 33.7. The van der Waals surface area contributed by atoms with Gasteiger partial charge in [-0.05, 0) is 36.2 Å². The number of hydrogen-bond donors (Lipinski definition) is 1. The van der Waals surface area contributed by atoms with E-state index in [0.717, 1.165) is 23.7 Å². The maximum Gasteiger partial charge on any atom is 0.295 e. The van der Waals surface area contributed by atoms with Gasteiger partial charge >= 0.3 is 0 Å². The molecule has 1 N–H and O–H groups in total. The molecule has 42 heavy (non-hydrogen) atoms. The average molecular weight is 643 g/mol. The van der Waals surface area contributed by atoms with Gasteiger partial charge in [0.25, 0.3) is 11.7 Å². The normalized spacial score (nSPS) is 16.3. The van der Waals surface area contributed by atoms with Gasteiger partial charge in [-0.2, -0.15) is 0 Å². The molecule has 7 heteroatoms. The number of rotatable bonds is 19. The third-order valence-corrected chi connectivity index (χ3v) is 8.61. The first-order chi connectivity index (χ1) is 20.4. The summed E-state index contributed by atoms with van der Waals surface area (Å²) in [4.78, 5) is 28.3. The molecule has 3 rings (SSSR count). The third-order valence-electron chi connectivity index (χ3n) is 8.11. The number of aliphatic hydroxyl groups excluding tert-OH is 1. The largest absolute Gasteiger partial charge is 0.507 e. The van der Waals surface area contributed by atoms with Crippen molar-refractivity contribution in [1.29, 1.82) is 0 Å². The molecule has 0 saturated carbocycles. The van der Waals surface area contributed by atoms with E-state index in [0.29, 0.717) is 29.2 Å². The van der Waals surface area contributed by atoms with Crippen LogP contribution in [0.2, 0.25) is 0 Å². The van der Waals surface area contributed by atoms with Crippen molar-refractivity contribution in [2.45, 2.75) is 103 Å². The fourth-order valence-electron chi connectivity index (χ4n) is 5.75. The number of carbonyl (C=O) groups excluding carboxylic acids is 2. The lowest BCUT2D eigenvalue weighted by molar-refractivity contribution is -0.139. The Bertz CT molecular complexity index is 1190. The van der Waals surface area contributed by atoms with Crippen LogP contribution in [-0.4, -0.2) is 42.5 Å². The molecule has 0 unspecified atom stereocenters. The number of nitrogens with zero attached hydrogens (tertiary/aromatic N) is 1. The van der Waals surface area contributed by atoms with Gasteiger partial charge in [-0.1, -0.05) is 125 Å². The minimum absolute atomic E-state index is 0.0932. The molecule has 2 aromatic carbocycles. The molecule has 1 aliphatic rings. The number of amides is 1. The van der Waals surface area contributed by atoms with Crippen LogP contribution in [0.5, 0.6) is 11.5 Å². The number of hydrogen-bond acceptors (Lipinski definition) is 5. The summed E-state index contributed by atoms with van der Waals surface area (Å²) in [6.07, 6.45) is 17.5. The summed E-state index contributed by atoms with van der Waals surface area (Å²) in [5, 5.41) is 11.3. The third kappa shape index (κ3) is 9.35. The molecule has 1 amide bonds. The van der Waals surface area contributed by atoms with E-state index in [1.54, 1.807) is 49.5 Å². The van der Waals surface area contributed by atoms with Crippen molar-refractivity contribution in [3.05, 3.63) is 63.6 Å². The van der Waals surface area contributed by atoms with E-state index in [-0.39, 0.29) is 11.3 Å². The molecule has 0 bridgehead atoms. The Morgan fingerprint density at radius 2 is 1.36 bits per heavy atom. The summed E-state index contributed by atoms with van der Waals surface area (Å²) < 4.78 is 11.7. The molecule has 1 aliphatic heterocycles. The predicted octanol–water partition coefficient (Wildman–Crippen LogP) is 9.37. The number of Topliss-reactive ketones (excluding diaryl/α,β-unsaturated/α-hetero) is 1. The van der Waals surface area contributed by atoms with Gasteiger partial charge in [0.05, 0.1) is 25.8 Å². The molecule has 2 aromatic rings. The molecule has 1 heterocycles. The predicted molar refractivity (Wildman–Crippen MR) is 173 cm³/mol. The highest BCUT2D eigenvalue weighted by atomic mass is 79.9. The van der Waals surface area contributed by atoms with Crippen LogP contribution in [0.3, 0.4) is 0 Å². The maximum atomic E-state index is 13.3. The minimum atomic E-state index is -0.717. The molecular weight excluding hydrogens is 594 g/mol. The molecule has 0 spiro atoms. The Balaban J connectivity index is 1.62. The van der Waals surface area contributed by atoms with Crippen LogP contribution in [-0.2, 0) is 9.59 Å². The van der Waals surface area contributed by atoms with Crippen LogP contribution in [0, 0.1) is 0 Å². The second-order valence-electron chi connectivity index (χ2n) is 11.2. The van der Waals surface area contributed by atoms with Crippen LogP contribution >= 0.6 is 15.9 Å². The number of aliphatic hydroxyl groups is 1. The number of unbranched alkanes of at least 4 members (excludes halogenated alkanes) is 13. The Hall–Kier alpha value is -2.80. The fourth-order valence-corrected chi connectivity index (χ4v) is 6.15. The standard InChI is InChI=1S/C35H48BrNO5/c1-4-5-6-7-8-9-10-11-12-13-14-15-16-17-23-37-32(26-21-22-29(41-2)30(25-26)42-3)31(34(39)35(37)40)33(38)27-19-18-20-28(36)24-27/h18-22,24-25,32,38H,4-17,23H2,1-3H3/b33-31+/t32-/m0/s1. The van der Waals surface area contributed by atoms with E-state index < -0.39 is 17.7 Å². The van der Waals surface area contributed by atoms with Gasteiger partial charge in [0.15, 0.2) is 11.5 Å². The van der Waals surface area contributed by atoms with Gasteiger partial charge in [-0.3, -0.25) is 9.59 Å². The zero-order valence-corrected chi connectivity index (χ0v) is 27.2. The van der Waals surface area contributed by atoms with Crippen LogP contribution in [0.15, 0.2) is 52.5 Å². The van der Waals surface area contributed by atoms with Gasteiger partial charge in [0.1, 0.15) is 5.76 Å². The van der Waals surface area contributed by atoms with E-state index in [2.05, 4.69) is 22.9 Å². The SMILES string of the molecule is CCCCCCCCCCCCCCCCN1C(=O)C(=O)/C(=C(/O)c2cccc(Br)c2)[C@@H]1c1ccc(OC)c(OC)c1. The smallest absolute Gasteiger partial charge is 0.295 e. The number of benzene rings is 2. The van der Waals surface area contributed by atoms with E-state index in [4.69, 9.17) is 9.47 Å². The molecule has 0 aromatic heterocycles. The van der Waals surface area contributed by atoms with Crippen molar-refractivity contribution in [1.82, 2.24) is 4.90 Å². The zero-order chi connectivity index (χ0) is 30.3. The Morgan fingerprint density at radius 1 is 0.786 bits per heavy atom. The molecule has 0 radical (unpaired) electrons. The summed E-state index contributed by atoms with van der Waals surface area (Å²) in [6.45, 7) is 2.70. The van der Waals surface area contributed by atoms with Gasteiger partial charge in [0.2, 0.25) is 0 Å². The number of methoxy groups -OCH3 is 2. The van der Waals surface area contributed by atoms with Crippen molar-refractivity contribution < 1.29 is 24.2 Å². The molecule has 230 valence electrons. The van der Waals surface area contributed by atoms with Gasteiger partial charge < -0.3 is 19.5 Å². The van der Waals surface area contributed by atoms with E-state index in [1.165, 1.54) is 70.6 Å². The molecule has 1 atom stereocenters. The number of ketones is 1. The average Bonchev–Trinajstić information content (AvgIpc) is 3.25. The lowest BCUT2D eigenvalue weighted by Gasteiger charge is -2.26. The number of carbonyl (C=O) groups is 2. The minimum Gasteiger partial charge on any atom is -0.507 e. The van der Waals surface area contributed by atoms with Crippen molar-refractivity contribution >= 4 is 33.4 Å². The number of likely N-dealkylation sites (tertiary alicyclic amines) is 1. The Labute approximate surface area is 260 Å². The molecule has 1 saturated heterocycles. The monoisotopic (exact) mass is 641 g/mol. The zero-order valence-electron chi connectivity index (χ0n) is 25.6. The molecule has 1 fully saturated rings. The molecule has 0 aliphatic carbocycles. The first-order valence-electron chi connectivity index (χ1n) is 15.7. The summed E-state index contributed by atoms with van der Waals surface area (Å²) in [5.74, 6) is -0.381. The van der Waals surface area contributed by atoms with Gasteiger partial charge in [-0.15, -0.1) is 0 Å². The highest BCUT2D eigenvalue weighted by Gasteiger charge is 2.46. The number of halogens is 1. The Kier molecular flexibility index (Phi) is 14.4. The maximum absolute atomic E-state index is 13.3. The van der Waals surface area contributed by atoms with E-state index in [9.17, 15) is 14.7 Å². The lowest BCUT2D eigenvalue weighted by atomic mass is 9.95. The van der Waals surface area contributed by atoms with Crippen LogP contribution < -0.4 is 9.47 Å². The van der Waals surface area contributed by atoms with Crippen molar-refractivity contribution in [2.24, 2.45) is 0 Å². The van der Waals surface area contributed by atoms with Crippen molar-refractivity contribution in [3.8, 4) is 11.5 Å². The Morgan fingerprint density at radius 3 is 1.90 bits per heavy atom. The first-order valence-corrected chi connectivity index (χ1v) is 16.5. The van der Waals surface area contributed by atoms with Crippen LogP contribution in [0.25, 0.3) is 5.76 Å². The second-order valence-corrected chi connectivity index (χ2v) is 12.1. The van der Waals surface area contributed by atoms with Gasteiger partial charge in [0, 0.05) is 16.6 Å². The summed E-state index contributed by atoms with van der Waals surface area (Å²) >= 11 is 3.43. The van der Waals surface area contributed by atoms with E-state index >= 15 is 0 Å². The van der Waals surface area contributed by atoms with Crippen LogP contribution in [0.1, 0.15) is 114 Å². The fraction of sp³-hybridized carbons (Fsp3) is 0.543. The highest BCUT2D eigenvalue weighted by molar-refractivity contribution is 9.10. The topological polar surface area (TPSA) is 76.1 Å². The second kappa shape index (κ2) is 18.0. The van der Waals surface area contributed by atoms with E-state index in [1.807, 2.05) is 12.1 Å². The molecule has 6 nitrogen and oxygen atoms in total. The lowest BCUT2D eigenvalue weighted by Crippen LogP contribution is -2.30. The summed E-state index contributed by atoms with van der Waals surface area (Å²) in [5.41, 5.74) is 1.26. The quantitative estimate of drug-likeness (QED) is 0.0715. The summed E-state index contributed by atoms with van der Waals surface area (Å²) in [7, 11) is 3.11. The van der Waals surface area contributed by atoms with Crippen molar-refractivity contribution in [3.63, 3.8) is 0 Å². The van der Waals surface area contributed by atoms with Gasteiger partial charge in [-0.25, -0.2) is 0 Å². The highest BCUT2D eigenvalue weighted by Crippen LogP contribution is 2.42. The summed E-state index contributed by atoms with van der Waals surface area (Å²) in [6, 6.07) is 11.7. The van der Waals surface area contributed by atoms with Crippen LogP contribution in [0.4, 0.5) is 0 Å². The number of ether oxygens (including phenoxy) is 2. The molecular formula is C35H48BrNO5. The van der Waals surface area contributed by atoms with Crippen molar-refractivity contribution in [2.75, 3.05) is 20.8 Å².